The van der Waals surface area contributed by atoms with Crippen molar-refractivity contribution in [3.05, 3.63) is 69.3 Å². The third-order valence-electron chi connectivity index (χ3n) is 26.1. The average molecular weight is 943 g/mol. The fraction of sp³-hybridized carbons (Fsp3) is 0.0833. The Morgan fingerprint density at radius 1 is 0.289 bits per heavy atom. The highest BCUT2D eigenvalue weighted by Gasteiger charge is 2.70. The molecule has 0 heterocycles. The minimum absolute atomic E-state index is 0.496. The summed E-state index contributed by atoms with van der Waals surface area (Å²) in [4.78, 5) is 31.9. The number of ether oxygens (including phenoxy) is 2. The van der Waals surface area contributed by atoms with Gasteiger partial charge in [-0.2, -0.15) is 0 Å². The van der Waals surface area contributed by atoms with Crippen LogP contribution in [0.5, 0.6) is 0 Å². The first kappa shape index (κ1) is 30.1. The first-order chi connectivity index (χ1) is 37.7. The molecule has 76 heavy (non-hydrogen) atoms. The molecule has 33 rings (SSSR count). The van der Waals surface area contributed by atoms with Crippen molar-refractivity contribution in [3.63, 3.8) is 0 Å². The van der Waals surface area contributed by atoms with Gasteiger partial charge in [-0.15, -0.1) is 0 Å². The normalized spacial score (nSPS) is 20.9. The molecular formula is C72H14O4. The molecule has 326 valence electrons. The molecule has 4 nitrogen and oxygen atoms in total. The van der Waals surface area contributed by atoms with E-state index in [4.69, 9.17) is 9.47 Å². The van der Waals surface area contributed by atoms with Gasteiger partial charge in [-0.1, -0.05) is 30.3 Å². The van der Waals surface area contributed by atoms with E-state index in [-0.39, 0.29) is 0 Å². The average Bonchev–Trinajstić information content (AvgIpc) is 1.78. The van der Waals surface area contributed by atoms with E-state index in [0.717, 1.165) is 6.42 Å². The summed E-state index contributed by atoms with van der Waals surface area (Å²) in [5.41, 5.74) is 7.49. The van der Waals surface area contributed by atoms with Crippen LogP contribution in [-0.4, -0.2) is 26.2 Å². The lowest BCUT2D eigenvalue weighted by Crippen LogP contribution is -2.52. The Labute approximate surface area is 415 Å². The Balaban J connectivity index is 1.15. The van der Waals surface area contributed by atoms with Crippen molar-refractivity contribution in [1.29, 1.82) is 0 Å². The van der Waals surface area contributed by atoms with Crippen LogP contribution in [0.25, 0.3) is 280 Å². The van der Waals surface area contributed by atoms with Crippen LogP contribution in [0.3, 0.4) is 0 Å². The van der Waals surface area contributed by atoms with E-state index in [9.17, 15) is 0 Å². The summed E-state index contributed by atoms with van der Waals surface area (Å²) in [5.74, 6) is -2.27. The second kappa shape index (κ2) is 7.09. The molecule has 0 amide bonds. The largest absolute Gasteiger partial charge is 0.468 e. The summed E-state index contributed by atoms with van der Waals surface area (Å²) in [6.45, 7) is 0. The molecule has 4 heteroatoms. The molecule has 0 aromatic heterocycles. The second-order valence-electron chi connectivity index (χ2n) is 26.6. The van der Waals surface area contributed by atoms with Crippen LogP contribution < -0.4 is 0 Å². The summed E-state index contributed by atoms with van der Waals surface area (Å²) in [7, 11) is 3.02. The number of carbonyl (C=O) groups excluding carboxylic acids is 2. The maximum absolute atomic E-state index is 15.9. The molecule has 0 saturated carbocycles. The topological polar surface area (TPSA) is 52.6 Å². The van der Waals surface area contributed by atoms with E-state index in [2.05, 4.69) is 30.3 Å². The van der Waals surface area contributed by atoms with E-state index in [1.54, 1.807) is 64.6 Å². The highest BCUT2D eigenvalue weighted by atomic mass is 16.5. The van der Waals surface area contributed by atoms with Crippen LogP contribution in [0.15, 0.2) is 30.3 Å². The highest BCUT2D eigenvalue weighted by Crippen LogP contribution is 2.85. The van der Waals surface area contributed by atoms with E-state index < -0.39 is 28.7 Å². The molecule has 5 aliphatic carbocycles. The number of rotatable bonds is 5. The van der Waals surface area contributed by atoms with Gasteiger partial charge in [0.2, 0.25) is 0 Å². The predicted octanol–water partition coefficient (Wildman–Crippen LogP) is 17.2. The zero-order valence-corrected chi connectivity index (χ0v) is 39.3. The molecule has 5 aliphatic rings. The fourth-order valence-corrected chi connectivity index (χ4v) is 25.7. The summed E-state index contributed by atoms with van der Waals surface area (Å²) in [5, 5.41) is 77.3. The minimum Gasteiger partial charge on any atom is -0.468 e. The first-order valence-electron chi connectivity index (χ1n) is 27.6. The number of benzene rings is 18. The smallest absolute Gasteiger partial charge is 0.321 e. The van der Waals surface area contributed by atoms with Gasteiger partial charge in [-0.25, -0.2) is 0 Å². The predicted molar refractivity (Wildman–Crippen MR) is 310 cm³/mol. The van der Waals surface area contributed by atoms with Crippen molar-refractivity contribution in [2.24, 2.45) is 5.92 Å². The molecular weight excluding hydrogens is 929 g/mol. The maximum Gasteiger partial charge on any atom is 0.321 e. The van der Waals surface area contributed by atoms with Crippen molar-refractivity contribution < 1.29 is 19.1 Å². The first-order valence-corrected chi connectivity index (χ1v) is 27.6. The van der Waals surface area contributed by atoms with Gasteiger partial charge >= 0.3 is 11.9 Å². The second-order valence-corrected chi connectivity index (χ2v) is 26.6. The van der Waals surface area contributed by atoms with Crippen LogP contribution in [-0.2, 0) is 36.3 Å². The highest BCUT2D eigenvalue weighted by molar-refractivity contribution is 6.81. The van der Waals surface area contributed by atoms with Gasteiger partial charge in [-0.3, -0.25) is 9.59 Å². The van der Waals surface area contributed by atoms with Crippen LogP contribution in [0, 0.1) is 5.92 Å². The van der Waals surface area contributed by atoms with Gasteiger partial charge < -0.3 is 9.47 Å². The lowest BCUT2D eigenvalue weighted by molar-refractivity contribution is -0.161. The van der Waals surface area contributed by atoms with Crippen LogP contribution in [0.2, 0.25) is 0 Å². The number of carbonyl (C=O) groups is 2. The van der Waals surface area contributed by atoms with Crippen molar-refractivity contribution >= 4 is 292 Å². The Morgan fingerprint density at radius 3 is 0.816 bits per heavy atom. The quantitative estimate of drug-likeness (QED) is 0.0980. The number of esters is 2. The Kier molecular flexibility index (Phi) is 2.81. The Bertz CT molecular complexity index is 7680. The van der Waals surface area contributed by atoms with Gasteiger partial charge in [0.25, 0.3) is 0 Å². The molecule has 2 unspecified atom stereocenters. The molecule has 0 N–H and O–H groups in total. The third kappa shape index (κ3) is 1.69. The standard InChI is InChI=1S/C72H14O4/c1-75-69(73)68(70(74)76-2)72-63-55-46-39-26-19-13-12-14-10-11-15(13)24(26)30-28-17(11)20-16(10)27-29-23(14)25-18(12)21-22(19)33-40-32(21)41-38(25)45-43(29)47-34(27)36-31(20)37-35(28)48(44(30)46)59(63)61-50(37)49(36)60-58(47)62-54(45)51(41)56-53(40)57(52(55)42(33)39)66(72)64(56)71(62,65(60)67(61)72)8-9-6-4-3-5-7-9/h3-7,68H,8H2,1-2H3. The molecule has 0 saturated heterocycles. The molecule has 0 bridgehead atoms. The molecule has 0 radical (unpaired) electrons. The van der Waals surface area contributed by atoms with Crippen LogP contribution in [0.1, 0.15) is 38.9 Å². The van der Waals surface area contributed by atoms with Gasteiger partial charge in [-0.05, 0) is 325 Å². The van der Waals surface area contributed by atoms with Crippen molar-refractivity contribution in [2.45, 2.75) is 17.3 Å². The summed E-state index contributed by atoms with van der Waals surface area (Å²) in [6, 6.07) is 11.5. The molecule has 0 spiro atoms. The molecule has 0 aliphatic heterocycles. The van der Waals surface area contributed by atoms with E-state index in [0.29, 0.717) is 0 Å². The van der Waals surface area contributed by atoms with Crippen LogP contribution >= 0.6 is 0 Å². The molecule has 28 aromatic rings. The zero-order chi connectivity index (χ0) is 46.5. The zero-order valence-electron chi connectivity index (χ0n) is 39.3. The maximum atomic E-state index is 15.9. The van der Waals surface area contributed by atoms with Gasteiger partial charge in [0.05, 0.1) is 25.0 Å². The van der Waals surface area contributed by atoms with Crippen molar-refractivity contribution in [3.8, 4) is 0 Å². The monoisotopic (exact) mass is 942 g/mol. The fourth-order valence-electron chi connectivity index (χ4n) is 25.7. The van der Waals surface area contributed by atoms with E-state index in [1.807, 2.05) is 0 Å². The molecule has 28 aromatic carbocycles. The van der Waals surface area contributed by atoms with Crippen LogP contribution in [0.4, 0.5) is 0 Å². The Hall–Kier alpha value is -9.38. The molecule has 2 atom stereocenters. The van der Waals surface area contributed by atoms with Gasteiger partial charge in [0.15, 0.2) is 5.92 Å². The minimum atomic E-state index is -1.28. The van der Waals surface area contributed by atoms with Gasteiger partial charge in [0.1, 0.15) is 0 Å². The third-order valence-corrected chi connectivity index (χ3v) is 26.1. The number of hydrogen-bond acceptors (Lipinski definition) is 4. The number of methoxy groups -OCH3 is 2. The van der Waals surface area contributed by atoms with E-state index >= 15 is 9.59 Å². The summed E-state index contributed by atoms with van der Waals surface area (Å²) < 4.78 is 12.3. The van der Waals surface area contributed by atoms with Crippen molar-refractivity contribution in [2.75, 3.05) is 14.2 Å². The summed E-state index contributed by atoms with van der Waals surface area (Å²) >= 11 is 0. The van der Waals surface area contributed by atoms with Crippen molar-refractivity contribution in [1.82, 2.24) is 0 Å². The summed E-state index contributed by atoms with van der Waals surface area (Å²) in [6.07, 6.45) is 0.794. The SMILES string of the molecule is COC(=O)C(C(=O)OC)C12c3c4c5c6c7c8c9c%10c(c1c1c%11c2c2c%12c3c5c3c5c6c6c7c7c9c9c%13c%10c1c1c%10c%11c%11c2c2c%12c3c3c5c5c6c6c7c9c7c(c%131)c1c%10c%11c9c2c3c2c9c1c7c6c52)C48Cc1ccccc1. The lowest BCUT2D eigenvalue weighted by Gasteiger charge is -2.50. The lowest BCUT2D eigenvalue weighted by atomic mass is 9.49. The Morgan fingerprint density at radius 2 is 0.500 bits per heavy atom. The van der Waals surface area contributed by atoms with E-state index in [1.165, 1.54) is 269 Å². The van der Waals surface area contributed by atoms with Gasteiger partial charge in [0, 0.05) is 0 Å². The molecule has 0 fully saturated rings. The number of hydrogen-bond donors (Lipinski definition) is 0.